The van der Waals surface area contributed by atoms with Crippen molar-refractivity contribution in [2.45, 2.75) is 0 Å². The molecule has 0 aliphatic heterocycles. The normalized spacial score (nSPS) is 11.1. The van der Waals surface area contributed by atoms with Crippen molar-refractivity contribution in [3.05, 3.63) is 84.9 Å². The van der Waals surface area contributed by atoms with E-state index in [4.69, 9.17) is 16.6 Å². The van der Waals surface area contributed by atoms with Crippen molar-refractivity contribution >= 4 is 61.4 Å². The van der Waals surface area contributed by atoms with Crippen LogP contribution in [0.1, 0.15) is 0 Å². The zero-order valence-corrected chi connectivity index (χ0v) is 15.2. The lowest BCUT2D eigenvalue weighted by Gasteiger charge is -2.12. The summed E-state index contributed by atoms with van der Waals surface area (Å²) in [7, 11) is 0. The molecule has 1 aromatic heterocycles. The molecule has 130 valence electrons. The molecule has 1 heterocycles. The average Bonchev–Trinajstić information content (AvgIpc) is 3.06. The van der Waals surface area contributed by atoms with Gasteiger partial charge >= 0.3 is 0 Å². The second-order valence-corrected chi connectivity index (χ2v) is 6.82. The smallest absolute Gasteiger partial charge is 0.175 e. The third-order valence-electron chi connectivity index (χ3n) is 4.67. The van der Waals surface area contributed by atoms with Crippen LogP contribution < -0.4 is 10.6 Å². The van der Waals surface area contributed by atoms with E-state index in [1.807, 2.05) is 54.6 Å². The van der Waals surface area contributed by atoms with E-state index in [2.05, 4.69) is 41.0 Å². The number of para-hydroxylation sites is 1. The lowest BCUT2D eigenvalue weighted by atomic mass is 10.1. The third-order valence-corrected chi connectivity index (χ3v) is 4.88. The highest BCUT2D eigenvalue weighted by molar-refractivity contribution is 7.80. The lowest BCUT2D eigenvalue weighted by molar-refractivity contribution is 0.669. The summed E-state index contributed by atoms with van der Waals surface area (Å²) in [6.45, 7) is 0. The molecule has 0 saturated carbocycles. The summed E-state index contributed by atoms with van der Waals surface area (Å²) in [5.74, 6) is 0. The molecule has 4 heteroatoms. The molecule has 0 unspecified atom stereocenters. The van der Waals surface area contributed by atoms with Gasteiger partial charge in [-0.05, 0) is 41.9 Å². The third kappa shape index (κ3) is 2.90. The molecule has 0 bridgehead atoms. The van der Waals surface area contributed by atoms with Gasteiger partial charge in [0.25, 0.3) is 0 Å². The summed E-state index contributed by atoms with van der Waals surface area (Å²) in [5.41, 5.74) is 3.60. The van der Waals surface area contributed by atoms with Gasteiger partial charge in [0.15, 0.2) is 5.11 Å². The van der Waals surface area contributed by atoms with Crippen molar-refractivity contribution in [3.63, 3.8) is 0 Å². The standard InChI is InChI=1S/C23H16N2OS/c27-23(25-20-10-5-7-15-6-1-2-8-17(15)20)24-16-12-13-19-18-9-3-4-11-21(18)26-22(19)14-16/h1-14H,(H2,24,25,27). The maximum Gasteiger partial charge on any atom is 0.175 e. The average molecular weight is 368 g/mol. The van der Waals surface area contributed by atoms with Crippen LogP contribution >= 0.6 is 12.2 Å². The van der Waals surface area contributed by atoms with E-state index in [-0.39, 0.29) is 0 Å². The monoisotopic (exact) mass is 368 g/mol. The first-order valence-electron chi connectivity index (χ1n) is 8.75. The molecule has 27 heavy (non-hydrogen) atoms. The fourth-order valence-electron chi connectivity index (χ4n) is 3.42. The number of hydrogen-bond acceptors (Lipinski definition) is 2. The molecule has 4 aromatic carbocycles. The Balaban J connectivity index is 1.42. The van der Waals surface area contributed by atoms with Crippen LogP contribution in [0.15, 0.2) is 89.3 Å². The van der Waals surface area contributed by atoms with Crippen molar-refractivity contribution in [1.82, 2.24) is 0 Å². The largest absolute Gasteiger partial charge is 0.456 e. The Labute approximate surface area is 161 Å². The van der Waals surface area contributed by atoms with Crippen molar-refractivity contribution in [2.75, 3.05) is 10.6 Å². The van der Waals surface area contributed by atoms with Crippen molar-refractivity contribution < 1.29 is 4.42 Å². The topological polar surface area (TPSA) is 37.2 Å². The Kier molecular flexibility index (Phi) is 3.77. The Hall–Kier alpha value is -3.37. The minimum absolute atomic E-state index is 0.543. The lowest BCUT2D eigenvalue weighted by Crippen LogP contribution is -2.19. The predicted octanol–water partition coefficient (Wildman–Crippen LogP) is 6.55. The number of hydrogen-bond donors (Lipinski definition) is 2. The Bertz CT molecular complexity index is 1300. The van der Waals surface area contributed by atoms with Gasteiger partial charge in [-0.25, -0.2) is 0 Å². The fourth-order valence-corrected chi connectivity index (χ4v) is 3.65. The highest BCUT2D eigenvalue weighted by Gasteiger charge is 2.08. The van der Waals surface area contributed by atoms with Crippen LogP contribution in [0.25, 0.3) is 32.7 Å². The van der Waals surface area contributed by atoms with Crippen molar-refractivity contribution in [2.24, 2.45) is 0 Å². The Morgan fingerprint density at radius 3 is 2.33 bits per heavy atom. The van der Waals surface area contributed by atoms with Gasteiger partial charge in [0.05, 0.1) is 0 Å². The molecule has 5 rings (SSSR count). The second kappa shape index (κ2) is 6.41. The van der Waals surface area contributed by atoms with Gasteiger partial charge in [0.1, 0.15) is 11.2 Å². The summed E-state index contributed by atoms with van der Waals surface area (Å²) < 4.78 is 5.95. The zero-order valence-electron chi connectivity index (χ0n) is 14.4. The van der Waals surface area contributed by atoms with Crippen LogP contribution in [-0.4, -0.2) is 5.11 Å². The molecule has 0 aliphatic rings. The molecule has 0 radical (unpaired) electrons. The molecule has 3 nitrogen and oxygen atoms in total. The van der Waals surface area contributed by atoms with Crippen LogP contribution in [0.5, 0.6) is 0 Å². The van der Waals surface area contributed by atoms with Crippen LogP contribution in [0.4, 0.5) is 11.4 Å². The highest BCUT2D eigenvalue weighted by Crippen LogP contribution is 2.30. The first kappa shape index (κ1) is 15.9. The van der Waals surface area contributed by atoms with Crippen LogP contribution in [0.2, 0.25) is 0 Å². The molecule has 0 saturated heterocycles. The highest BCUT2D eigenvalue weighted by atomic mass is 32.1. The minimum Gasteiger partial charge on any atom is -0.456 e. The number of anilines is 2. The first-order valence-corrected chi connectivity index (χ1v) is 9.16. The first-order chi connectivity index (χ1) is 13.3. The summed E-state index contributed by atoms with van der Waals surface area (Å²) in [6, 6.07) is 28.5. The summed E-state index contributed by atoms with van der Waals surface area (Å²) >= 11 is 5.52. The molecule has 0 amide bonds. The molecule has 0 fully saturated rings. The fraction of sp³-hybridized carbons (Fsp3) is 0. The van der Waals surface area contributed by atoms with Crippen LogP contribution in [0, 0.1) is 0 Å². The number of furan rings is 1. The molecule has 2 N–H and O–H groups in total. The summed E-state index contributed by atoms with van der Waals surface area (Å²) in [4.78, 5) is 0. The van der Waals surface area contributed by atoms with E-state index in [1.165, 1.54) is 5.39 Å². The minimum atomic E-state index is 0.543. The number of thiocarbonyl (C=S) groups is 1. The molecular weight excluding hydrogens is 352 g/mol. The maximum absolute atomic E-state index is 5.95. The summed E-state index contributed by atoms with van der Waals surface area (Å²) in [5, 5.41) is 11.6. The second-order valence-electron chi connectivity index (χ2n) is 6.41. The van der Waals surface area contributed by atoms with Gasteiger partial charge < -0.3 is 15.1 Å². The number of fused-ring (bicyclic) bond motifs is 4. The Morgan fingerprint density at radius 2 is 1.41 bits per heavy atom. The van der Waals surface area contributed by atoms with Gasteiger partial charge in [-0.3, -0.25) is 0 Å². The van der Waals surface area contributed by atoms with Gasteiger partial charge in [-0.1, -0.05) is 54.6 Å². The van der Waals surface area contributed by atoms with Gasteiger partial charge in [-0.2, -0.15) is 0 Å². The Morgan fingerprint density at radius 1 is 0.667 bits per heavy atom. The number of benzene rings is 4. The molecule has 0 atom stereocenters. The predicted molar refractivity (Wildman–Crippen MR) is 118 cm³/mol. The molecule has 5 aromatic rings. The molecular formula is C23H16N2OS. The van der Waals surface area contributed by atoms with Crippen LogP contribution in [0.3, 0.4) is 0 Å². The van der Waals surface area contributed by atoms with Gasteiger partial charge in [0.2, 0.25) is 0 Å². The van der Waals surface area contributed by atoms with E-state index < -0.39 is 0 Å². The number of nitrogens with one attached hydrogen (secondary N) is 2. The summed E-state index contributed by atoms with van der Waals surface area (Å²) in [6.07, 6.45) is 0. The van der Waals surface area contributed by atoms with Gasteiger partial charge in [-0.15, -0.1) is 0 Å². The SMILES string of the molecule is S=C(Nc1ccc2c(c1)oc1ccccc12)Nc1cccc2ccccc12. The van der Waals surface area contributed by atoms with Crippen molar-refractivity contribution in [1.29, 1.82) is 0 Å². The van der Waals surface area contributed by atoms with Gasteiger partial charge in [0, 0.05) is 33.6 Å². The van der Waals surface area contributed by atoms with E-state index in [0.717, 1.165) is 38.7 Å². The zero-order chi connectivity index (χ0) is 18.2. The van der Waals surface area contributed by atoms with Crippen molar-refractivity contribution in [3.8, 4) is 0 Å². The van der Waals surface area contributed by atoms with E-state index >= 15 is 0 Å². The quantitative estimate of drug-likeness (QED) is 0.347. The van der Waals surface area contributed by atoms with E-state index in [0.29, 0.717) is 5.11 Å². The van der Waals surface area contributed by atoms with E-state index in [9.17, 15) is 0 Å². The maximum atomic E-state index is 5.95. The molecule has 0 aliphatic carbocycles. The number of rotatable bonds is 2. The van der Waals surface area contributed by atoms with E-state index in [1.54, 1.807) is 0 Å². The molecule has 0 spiro atoms. The van der Waals surface area contributed by atoms with Crippen LogP contribution in [-0.2, 0) is 0 Å².